The van der Waals surface area contributed by atoms with Crippen LogP contribution in [0.2, 0.25) is 5.02 Å². The van der Waals surface area contributed by atoms with Crippen LogP contribution in [0.5, 0.6) is 0 Å². The number of aromatic nitrogens is 1. The Morgan fingerprint density at radius 3 is 2.59 bits per heavy atom. The standard InChI is InChI=1S/C18H13ClF3N3OS/c19-15-4-2-1-3-10(15)5-17(26)25-11-6-12-13(16(7-11)27-23)8-24-9-14(12)18(20,21)22/h1-4,6-9H,5,23H2,(H,25,26). The van der Waals surface area contributed by atoms with Gasteiger partial charge in [0.15, 0.2) is 0 Å². The van der Waals surface area contributed by atoms with Crippen LogP contribution in [0.25, 0.3) is 10.8 Å². The molecule has 0 atom stereocenters. The summed E-state index contributed by atoms with van der Waals surface area (Å²) < 4.78 is 39.9. The van der Waals surface area contributed by atoms with Gasteiger partial charge in [-0.1, -0.05) is 29.8 Å². The van der Waals surface area contributed by atoms with E-state index in [9.17, 15) is 18.0 Å². The second kappa shape index (κ2) is 7.75. The fraction of sp³-hybridized carbons (Fsp3) is 0.111. The van der Waals surface area contributed by atoms with Gasteiger partial charge in [-0.25, -0.2) is 0 Å². The maximum absolute atomic E-state index is 13.3. The van der Waals surface area contributed by atoms with E-state index in [4.69, 9.17) is 16.7 Å². The maximum atomic E-state index is 13.3. The van der Waals surface area contributed by atoms with Crippen LogP contribution < -0.4 is 10.5 Å². The number of carbonyl (C=O) groups excluding carboxylic acids is 1. The molecule has 3 N–H and O–H groups in total. The van der Waals surface area contributed by atoms with E-state index in [-0.39, 0.29) is 22.9 Å². The number of halogens is 4. The number of pyridine rings is 1. The van der Waals surface area contributed by atoms with E-state index in [1.54, 1.807) is 24.3 Å². The molecule has 0 aliphatic heterocycles. The van der Waals surface area contributed by atoms with Crippen LogP contribution in [0.4, 0.5) is 18.9 Å². The Hall–Kier alpha value is -2.29. The summed E-state index contributed by atoms with van der Waals surface area (Å²) in [5.74, 6) is -0.405. The van der Waals surface area contributed by atoms with Crippen molar-refractivity contribution >= 4 is 45.9 Å². The summed E-state index contributed by atoms with van der Waals surface area (Å²) in [6, 6.07) is 9.63. The average Bonchev–Trinajstić information content (AvgIpc) is 2.61. The van der Waals surface area contributed by atoms with Crippen molar-refractivity contribution in [2.24, 2.45) is 5.14 Å². The van der Waals surface area contributed by atoms with E-state index in [2.05, 4.69) is 10.3 Å². The molecule has 0 spiro atoms. The number of fused-ring (bicyclic) bond motifs is 1. The van der Waals surface area contributed by atoms with Gasteiger partial charge < -0.3 is 5.32 Å². The van der Waals surface area contributed by atoms with E-state index in [0.29, 0.717) is 15.5 Å². The highest BCUT2D eigenvalue weighted by atomic mass is 35.5. The molecule has 9 heteroatoms. The monoisotopic (exact) mass is 411 g/mol. The Kier molecular flexibility index (Phi) is 5.59. The van der Waals surface area contributed by atoms with Crippen molar-refractivity contribution in [1.29, 1.82) is 0 Å². The molecule has 0 unspecified atom stereocenters. The van der Waals surface area contributed by atoms with Crippen molar-refractivity contribution in [1.82, 2.24) is 4.98 Å². The van der Waals surface area contributed by atoms with Crippen molar-refractivity contribution in [3.8, 4) is 0 Å². The summed E-state index contributed by atoms with van der Waals surface area (Å²) in [7, 11) is 0. The molecular weight excluding hydrogens is 399 g/mol. The van der Waals surface area contributed by atoms with Crippen LogP contribution >= 0.6 is 23.5 Å². The molecule has 0 saturated carbocycles. The van der Waals surface area contributed by atoms with Crippen molar-refractivity contribution in [3.05, 3.63) is 64.9 Å². The maximum Gasteiger partial charge on any atom is 0.418 e. The van der Waals surface area contributed by atoms with Gasteiger partial charge in [-0.15, -0.1) is 0 Å². The number of nitrogens with two attached hydrogens (primary N) is 1. The molecule has 1 heterocycles. The second-order valence-electron chi connectivity index (χ2n) is 5.69. The van der Waals surface area contributed by atoms with Gasteiger partial charge in [-0.3, -0.25) is 14.9 Å². The van der Waals surface area contributed by atoms with Crippen molar-refractivity contribution in [2.75, 3.05) is 5.32 Å². The minimum atomic E-state index is -4.58. The van der Waals surface area contributed by atoms with Gasteiger partial charge in [-0.05, 0) is 35.7 Å². The minimum absolute atomic E-state index is 0.00865. The molecule has 3 aromatic rings. The summed E-state index contributed by atoms with van der Waals surface area (Å²) in [6.07, 6.45) is -2.52. The van der Waals surface area contributed by atoms with Gasteiger partial charge in [0.05, 0.1) is 12.0 Å². The van der Waals surface area contributed by atoms with Gasteiger partial charge >= 0.3 is 6.18 Å². The predicted molar refractivity (Wildman–Crippen MR) is 101 cm³/mol. The summed E-state index contributed by atoms with van der Waals surface area (Å²) in [5.41, 5.74) is -0.0623. The zero-order valence-corrected chi connectivity index (χ0v) is 15.3. The number of rotatable bonds is 4. The third-order valence-corrected chi connectivity index (χ3v) is 4.82. The first kappa shape index (κ1) is 19.5. The topological polar surface area (TPSA) is 68.0 Å². The van der Waals surface area contributed by atoms with Crippen LogP contribution in [0.1, 0.15) is 11.1 Å². The van der Waals surface area contributed by atoms with Gasteiger partial charge in [0, 0.05) is 38.8 Å². The fourth-order valence-corrected chi connectivity index (χ4v) is 3.34. The minimum Gasteiger partial charge on any atom is -0.326 e. The lowest BCUT2D eigenvalue weighted by molar-refractivity contribution is -0.136. The number of hydrogen-bond donors (Lipinski definition) is 2. The number of benzene rings is 2. The molecule has 1 amide bonds. The Bertz CT molecular complexity index is 1010. The molecule has 2 aromatic carbocycles. The van der Waals surface area contributed by atoms with Crippen molar-refractivity contribution in [2.45, 2.75) is 17.5 Å². The summed E-state index contributed by atoms with van der Waals surface area (Å²) >= 11 is 6.82. The normalized spacial score (nSPS) is 11.6. The van der Waals surface area contributed by atoms with E-state index in [1.165, 1.54) is 18.3 Å². The van der Waals surface area contributed by atoms with Crippen LogP contribution in [0.15, 0.2) is 53.7 Å². The lowest BCUT2D eigenvalue weighted by Gasteiger charge is -2.14. The number of anilines is 1. The molecular formula is C18H13ClF3N3OS. The molecule has 3 rings (SSSR count). The zero-order chi connectivity index (χ0) is 19.6. The highest BCUT2D eigenvalue weighted by molar-refractivity contribution is 7.97. The smallest absolute Gasteiger partial charge is 0.326 e. The van der Waals surface area contributed by atoms with Gasteiger partial charge in [0.25, 0.3) is 0 Å². The zero-order valence-electron chi connectivity index (χ0n) is 13.7. The van der Waals surface area contributed by atoms with Crippen molar-refractivity contribution in [3.63, 3.8) is 0 Å². The lowest BCUT2D eigenvalue weighted by atomic mass is 10.1. The average molecular weight is 412 g/mol. The SMILES string of the molecule is NSc1cc(NC(=O)Cc2ccccc2Cl)cc2c(C(F)(F)F)cncc12. The van der Waals surface area contributed by atoms with E-state index < -0.39 is 17.6 Å². The number of nitrogens with zero attached hydrogens (tertiary/aromatic N) is 1. The molecule has 1 aromatic heterocycles. The molecule has 0 aliphatic rings. The van der Waals surface area contributed by atoms with Gasteiger partial charge in [0.2, 0.25) is 5.91 Å². The highest BCUT2D eigenvalue weighted by Gasteiger charge is 2.33. The van der Waals surface area contributed by atoms with E-state index in [1.807, 2.05) is 0 Å². The van der Waals surface area contributed by atoms with Crippen LogP contribution in [0, 0.1) is 0 Å². The lowest BCUT2D eigenvalue weighted by Crippen LogP contribution is -2.15. The number of amides is 1. The number of alkyl halides is 3. The first-order valence-electron chi connectivity index (χ1n) is 7.68. The summed E-state index contributed by atoms with van der Waals surface area (Å²) in [4.78, 5) is 16.3. The molecule has 27 heavy (non-hydrogen) atoms. The molecule has 0 bridgehead atoms. The molecule has 0 saturated heterocycles. The first-order chi connectivity index (χ1) is 12.8. The molecule has 0 fully saturated rings. The Labute approximate surface area is 162 Å². The van der Waals surface area contributed by atoms with E-state index >= 15 is 0 Å². The number of carbonyl (C=O) groups is 1. The van der Waals surface area contributed by atoms with Crippen molar-refractivity contribution < 1.29 is 18.0 Å². The number of nitrogens with one attached hydrogen (secondary N) is 1. The molecule has 0 aliphatic carbocycles. The third-order valence-electron chi connectivity index (χ3n) is 3.86. The molecule has 140 valence electrons. The second-order valence-corrected chi connectivity index (χ2v) is 6.77. The number of hydrogen-bond acceptors (Lipinski definition) is 4. The predicted octanol–water partition coefficient (Wildman–Crippen LogP) is 5.05. The summed E-state index contributed by atoms with van der Waals surface area (Å²) in [5, 5.41) is 8.83. The van der Waals surface area contributed by atoms with E-state index in [0.717, 1.165) is 18.1 Å². The van der Waals surface area contributed by atoms with Gasteiger partial charge in [-0.2, -0.15) is 13.2 Å². The Morgan fingerprint density at radius 1 is 1.19 bits per heavy atom. The Morgan fingerprint density at radius 2 is 1.93 bits per heavy atom. The first-order valence-corrected chi connectivity index (χ1v) is 8.94. The van der Waals surface area contributed by atoms with Crippen LogP contribution in [-0.4, -0.2) is 10.9 Å². The third kappa shape index (κ3) is 4.35. The largest absolute Gasteiger partial charge is 0.418 e. The Balaban J connectivity index is 1.97. The summed E-state index contributed by atoms with van der Waals surface area (Å²) in [6.45, 7) is 0. The highest BCUT2D eigenvalue weighted by Crippen LogP contribution is 2.38. The van der Waals surface area contributed by atoms with Crippen LogP contribution in [0.3, 0.4) is 0 Å². The van der Waals surface area contributed by atoms with Crippen LogP contribution in [-0.2, 0) is 17.4 Å². The quantitative estimate of drug-likeness (QED) is 0.589. The molecule has 0 radical (unpaired) electrons. The fourth-order valence-electron chi connectivity index (χ4n) is 2.65. The molecule has 4 nitrogen and oxygen atoms in total. The van der Waals surface area contributed by atoms with Gasteiger partial charge in [0.1, 0.15) is 0 Å².